The number of halogens is 3. The first-order valence-corrected chi connectivity index (χ1v) is 6.37. The van der Waals surface area contributed by atoms with Gasteiger partial charge in [-0.2, -0.15) is 0 Å². The molecule has 1 nitrogen and oxygen atoms in total. The minimum Gasteiger partial charge on any atom is -0.310 e. The Morgan fingerprint density at radius 1 is 1.53 bits per heavy atom. The molecule has 0 radical (unpaired) electrons. The molecule has 0 saturated heterocycles. The number of alkyl halides is 1. The first kappa shape index (κ1) is 12.9. The van der Waals surface area contributed by atoms with Crippen LogP contribution in [0.15, 0.2) is 18.2 Å². The molecule has 0 aliphatic carbocycles. The van der Waals surface area contributed by atoms with Gasteiger partial charge in [0, 0.05) is 28.5 Å². The normalized spacial score (nSPS) is 12.8. The van der Waals surface area contributed by atoms with Gasteiger partial charge < -0.3 is 5.32 Å². The maximum Gasteiger partial charge on any atom is 0.129 e. The topological polar surface area (TPSA) is 12.0 Å². The minimum atomic E-state index is -0.249. The quantitative estimate of drug-likeness (QED) is 0.816. The molecular weight excluding hydrogens is 280 g/mol. The highest BCUT2D eigenvalue weighted by atomic mass is 79.9. The van der Waals surface area contributed by atoms with E-state index in [1.165, 1.54) is 6.07 Å². The summed E-state index contributed by atoms with van der Waals surface area (Å²) in [7, 11) is 0. The fourth-order valence-electron chi connectivity index (χ4n) is 1.24. The fraction of sp³-hybridized carbons (Fsp3) is 0.455. The molecule has 1 aromatic rings. The molecule has 84 valence electrons. The van der Waals surface area contributed by atoms with Gasteiger partial charge in [-0.3, -0.25) is 0 Å². The van der Waals surface area contributed by atoms with E-state index in [4.69, 9.17) is 11.6 Å². The summed E-state index contributed by atoms with van der Waals surface area (Å²) in [5.74, 6) is -0.249. The average molecular weight is 295 g/mol. The lowest BCUT2D eigenvalue weighted by molar-refractivity contribution is 0.520. The van der Waals surface area contributed by atoms with Crippen molar-refractivity contribution in [2.24, 2.45) is 0 Å². The van der Waals surface area contributed by atoms with Crippen molar-refractivity contribution in [2.45, 2.75) is 25.9 Å². The predicted octanol–water partition coefficient (Wildman–Crippen LogP) is 3.74. The number of hydrogen-bond donors (Lipinski definition) is 1. The van der Waals surface area contributed by atoms with Crippen LogP contribution in [0.25, 0.3) is 0 Å². The molecule has 4 heteroatoms. The van der Waals surface area contributed by atoms with Gasteiger partial charge >= 0.3 is 0 Å². The maximum atomic E-state index is 13.4. The number of nitrogens with one attached hydrogen (secondary N) is 1. The third-order valence-corrected chi connectivity index (χ3v) is 3.04. The highest BCUT2D eigenvalue weighted by Crippen LogP contribution is 2.18. The summed E-state index contributed by atoms with van der Waals surface area (Å²) >= 11 is 9.27. The molecule has 1 unspecified atom stereocenters. The van der Waals surface area contributed by atoms with E-state index in [9.17, 15) is 4.39 Å². The van der Waals surface area contributed by atoms with Crippen molar-refractivity contribution in [2.75, 3.05) is 5.33 Å². The van der Waals surface area contributed by atoms with Crippen LogP contribution in [0.3, 0.4) is 0 Å². The summed E-state index contributed by atoms with van der Waals surface area (Å²) in [5.41, 5.74) is 0.542. The summed E-state index contributed by atoms with van der Waals surface area (Å²) in [4.78, 5) is 0. The summed E-state index contributed by atoms with van der Waals surface area (Å²) in [6.45, 7) is 2.54. The van der Waals surface area contributed by atoms with Crippen LogP contribution in [-0.4, -0.2) is 11.4 Å². The summed E-state index contributed by atoms with van der Waals surface area (Å²) < 4.78 is 13.4. The second-order valence-corrected chi connectivity index (χ2v) is 4.66. The van der Waals surface area contributed by atoms with Crippen LogP contribution in [-0.2, 0) is 6.54 Å². The average Bonchev–Trinajstić information content (AvgIpc) is 2.17. The second-order valence-electron chi connectivity index (χ2n) is 3.46. The SMILES string of the molecule is CC(CCBr)NCc1c(F)cccc1Cl. The maximum absolute atomic E-state index is 13.4. The van der Waals surface area contributed by atoms with Gasteiger partial charge in [-0.15, -0.1) is 0 Å². The van der Waals surface area contributed by atoms with Crippen molar-refractivity contribution in [3.63, 3.8) is 0 Å². The summed E-state index contributed by atoms with van der Waals surface area (Å²) in [5, 5.41) is 4.64. The van der Waals surface area contributed by atoms with Gasteiger partial charge in [0.1, 0.15) is 5.82 Å². The van der Waals surface area contributed by atoms with E-state index in [1.54, 1.807) is 12.1 Å². The van der Waals surface area contributed by atoms with Crippen molar-refractivity contribution in [1.29, 1.82) is 0 Å². The number of hydrogen-bond acceptors (Lipinski definition) is 1. The van der Waals surface area contributed by atoms with Crippen molar-refractivity contribution >= 4 is 27.5 Å². The van der Waals surface area contributed by atoms with E-state index in [-0.39, 0.29) is 5.82 Å². The van der Waals surface area contributed by atoms with Crippen molar-refractivity contribution in [1.82, 2.24) is 5.32 Å². The van der Waals surface area contributed by atoms with E-state index in [1.807, 2.05) is 0 Å². The van der Waals surface area contributed by atoms with Crippen molar-refractivity contribution < 1.29 is 4.39 Å². The van der Waals surface area contributed by atoms with Crippen LogP contribution in [0.1, 0.15) is 18.9 Å². The molecule has 0 aliphatic heterocycles. The number of rotatable bonds is 5. The van der Waals surface area contributed by atoms with E-state index in [0.717, 1.165) is 11.8 Å². The molecule has 0 saturated carbocycles. The lowest BCUT2D eigenvalue weighted by atomic mass is 10.2. The Kier molecular flexibility index (Phi) is 5.58. The van der Waals surface area contributed by atoms with Crippen LogP contribution >= 0.6 is 27.5 Å². The standard InChI is InChI=1S/C11H14BrClFN/c1-8(5-6-12)15-7-9-10(13)3-2-4-11(9)14/h2-4,8,15H,5-7H2,1H3. The predicted molar refractivity (Wildman–Crippen MR) is 66.1 cm³/mol. The molecule has 0 aliphatic rings. The van der Waals surface area contributed by atoms with Crippen LogP contribution in [0.2, 0.25) is 5.02 Å². The van der Waals surface area contributed by atoms with Gasteiger partial charge in [0.15, 0.2) is 0 Å². The molecule has 1 N–H and O–H groups in total. The van der Waals surface area contributed by atoms with Crippen molar-refractivity contribution in [3.8, 4) is 0 Å². The van der Waals surface area contributed by atoms with Gasteiger partial charge in [0.25, 0.3) is 0 Å². The molecule has 0 heterocycles. The molecule has 1 atom stereocenters. The molecular formula is C11H14BrClFN. The second kappa shape index (κ2) is 6.46. The van der Waals surface area contributed by atoms with E-state index < -0.39 is 0 Å². The lowest BCUT2D eigenvalue weighted by Gasteiger charge is -2.13. The third kappa shape index (κ3) is 4.09. The number of benzene rings is 1. The Labute approximate surface area is 103 Å². The van der Waals surface area contributed by atoms with E-state index >= 15 is 0 Å². The summed E-state index contributed by atoms with van der Waals surface area (Å²) in [6.07, 6.45) is 1.01. The van der Waals surface area contributed by atoms with Crippen LogP contribution in [0, 0.1) is 5.82 Å². The first-order valence-electron chi connectivity index (χ1n) is 4.87. The molecule has 0 spiro atoms. The molecule has 0 bridgehead atoms. The van der Waals surface area contributed by atoms with Gasteiger partial charge in [-0.05, 0) is 25.5 Å². The Morgan fingerprint density at radius 3 is 2.87 bits per heavy atom. The minimum absolute atomic E-state index is 0.249. The van der Waals surface area contributed by atoms with Crippen LogP contribution in [0.5, 0.6) is 0 Å². The fourth-order valence-corrected chi connectivity index (χ4v) is 2.16. The van der Waals surface area contributed by atoms with Gasteiger partial charge in [0.05, 0.1) is 0 Å². The van der Waals surface area contributed by atoms with Gasteiger partial charge in [-0.1, -0.05) is 33.6 Å². The summed E-state index contributed by atoms with van der Waals surface area (Å²) in [6, 6.07) is 5.10. The van der Waals surface area contributed by atoms with E-state index in [2.05, 4.69) is 28.2 Å². The van der Waals surface area contributed by atoms with Crippen LogP contribution < -0.4 is 5.32 Å². The Bertz CT molecular complexity index is 299. The highest BCUT2D eigenvalue weighted by molar-refractivity contribution is 9.09. The smallest absolute Gasteiger partial charge is 0.129 e. The monoisotopic (exact) mass is 293 g/mol. The molecule has 0 fully saturated rings. The van der Waals surface area contributed by atoms with Crippen molar-refractivity contribution in [3.05, 3.63) is 34.6 Å². The molecule has 1 rings (SSSR count). The highest BCUT2D eigenvalue weighted by Gasteiger charge is 2.07. The van der Waals surface area contributed by atoms with Gasteiger partial charge in [-0.25, -0.2) is 4.39 Å². The zero-order valence-corrected chi connectivity index (χ0v) is 10.9. The Balaban J connectivity index is 2.57. The zero-order chi connectivity index (χ0) is 11.3. The van der Waals surface area contributed by atoms with Crippen LogP contribution in [0.4, 0.5) is 4.39 Å². The molecule has 0 amide bonds. The van der Waals surface area contributed by atoms with Gasteiger partial charge in [0.2, 0.25) is 0 Å². The first-order chi connectivity index (χ1) is 7.15. The Morgan fingerprint density at radius 2 is 2.27 bits per heavy atom. The Hall–Kier alpha value is -0.120. The molecule has 1 aromatic carbocycles. The lowest BCUT2D eigenvalue weighted by Crippen LogP contribution is -2.26. The zero-order valence-electron chi connectivity index (χ0n) is 8.56. The third-order valence-electron chi connectivity index (χ3n) is 2.23. The largest absolute Gasteiger partial charge is 0.310 e. The molecule has 15 heavy (non-hydrogen) atoms. The molecule has 0 aromatic heterocycles. The van der Waals surface area contributed by atoms with E-state index in [0.29, 0.717) is 23.2 Å².